The molecule has 0 unspecified atom stereocenters. The van der Waals surface area contributed by atoms with Crippen molar-refractivity contribution in [3.05, 3.63) is 84.6 Å². The SMILES string of the molecule is O=C(CCCc1ncc(-c2ccccc2)o1)NNC(=O)c1nn(-c2ccccc2)cc1O. The molecule has 0 saturated heterocycles. The first kappa shape index (κ1) is 20.9. The highest BCUT2D eigenvalue weighted by Gasteiger charge is 2.17. The van der Waals surface area contributed by atoms with Crippen molar-refractivity contribution in [2.75, 3.05) is 0 Å². The number of nitrogens with one attached hydrogen (secondary N) is 2. The van der Waals surface area contributed by atoms with E-state index in [1.54, 1.807) is 18.3 Å². The molecule has 0 fully saturated rings. The number of oxazole rings is 1. The molecule has 0 aliphatic heterocycles. The van der Waals surface area contributed by atoms with Crippen LogP contribution in [0.2, 0.25) is 0 Å². The van der Waals surface area contributed by atoms with Crippen molar-refractivity contribution < 1.29 is 19.1 Å². The largest absolute Gasteiger partial charge is 0.504 e. The molecule has 4 aromatic rings. The number of para-hydroxylation sites is 1. The summed E-state index contributed by atoms with van der Waals surface area (Å²) in [5, 5.41) is 14.1. The van der Waals surface area contributed by atoms with Gasteiger partial charge >= 0.3 is 0 Å². The van der Waals surface area contributed by atoms with Crippen LogP contribution in [0.1, 0.15) is 29.2 Å². The van der Waals surface area contributed by atoms with Crippen LogP contribution in [0.15, 0.2) is 77.5 Å². The zero-order valence-corrected chi connectivity index (χ0v) is 17.1. The van der Waals surface area contributed by atoms with Gasteiger partial charge in [-0.1, -0.05) is 48.5 Å². The van der Waals surface area contributed by atoms with Crippen molar-refractivity contribution in [2.45, 2.75) is 19.3 Å². The second-order valence-corrected chi connectivity index (χ2v) is 6.98. The fourth-order valence-corrected chi connectivity index (χ4v) is 3.05. The van der Waals surface area contributed by atoms with Crippen LogP contribution in [0, 0.1) is 0 Å². The molecular formula is C23H21N5O4. The third-order valence-electron chi connectivity index (χ3n) is 4.65. The Morgan fingerprint density at radius 3 is 2.47 bits per heavy atom. The lowest BCUT2D eigenvalue weighted by atomic mass is 10.2. The molecule has 3 N–H and O–H groups in total. The molecule has 2 heterocycles. The fourth-order valence-electron chi connectivity index (χ4n) is 3.05. The van der Waals surface area contributed by atoms with E-state index >= 15 is 0 Å². The van der Waals surface area contributed by atoms with E-state index in [2.05, 4.69) is 20.9 Å². The van der Waals surface area contributed by atoms with Gasteiger partial charge in [0, 0.05) is 18.4 Å². The van der Waals surface area contributed by atoms with Crippen LogP contribution in [-0.2, 0) is 11.2 Å². The summed E-state index contributed by atoms with van der Waals surface area (Å²) in [7, 11) is 0. The number of aromatic nitrogens is 3. The second-order valence-electron chi connectivity index (χ2n) is 6.98. The van der Waals surface area contributed by atoms with Gasteiger partial charge in [0.1, 0.15) is 0 Å². The summed E-state index contributed by atoms with van der Waals surface area (Å²) in [6.45, 7) is 0. The van der Waals surface area contributed by atoms with Crippen LogP contribution >= 0.6 is 0 Å². The first-order valence-electron chi connectivity index (χ1n) is 10.0. The monoisotopic (exact) mass is 431 g/mol. The molecule has 9 heteroatoms. The van der Waals surface area contributed by atoms with E-state index in [1.807, 2.05) is 48.5 Å². The van der Waals surface area contributed by atoms with E-state index in [1.165, 1.54) is 10.9 Å². The number of hydrogen-bond acceptors (Lipinski definition) is 6. The Morgan fingerprint density at radius 1 is 1.00 bits per heavy atom. The van der Waals surface area contributed by atoms with Crippen LogP contribution in [0.25, 0.3) is 17.0 Å². The molecule has 4 rings (SSSR count). The van der Waals surface area contributed by atoms with E-state index < -0.39 is 5.91 Å². The van der Waals surface area contributed by atoms with Gasteiger partial charge in [-0.05, 0) is 18.6 Å². The lowest BCUT2D eigenvalue weighted by Gasteiger charge is -2.05. The molecule has 2 aromatic heterocycles. The smallest absolute Gasteiger partial charge is 0.294 e. The molecule has 0 aliphatic carbocycles. The summed E-state index contributed by atoms with van der Waals surface area (Å²) in [6, 6.07) is 18.7. The average molecular weight is 431 g/mol. The molecule has 0 bridgehead atoms. The second kappa shape index (κ2) is 9.61. The van der Waals surface area contributed by atoms with Crippen LogP contribution in [-0.4, -0.2) is 31.7 Å². The van der Waals surface area contributed by atoms with Crippen molar-refractivity contribution in [3.63, 3.8) is 0 Å². The molecule has 0 atom stereocenters. The van der Waals surface area contributed by atoms with Crippen LogP contribution < -0.4 is 10.9 Å². The van der Waals surface area contributed by atoms with Gasteiger partial charge in [0.2, 0.25) is 5.91 Å². The van der Waals surface area contributed by atoms with Crippen molar-refractivity contribution in [3.8, 4) is 22.8 Å². The maximum atomic E-state index is 12.3. The summed E-state index contributed by atoms with van der Waals surface area (Å²) in [5.41, 5.74) is 6.02. The predicted molar refractivity (Wildman–Crippen MR) is 116 cm³/mol. The maximum Gasteiger partial charge on any atom is 0.294 e. The van der Waals surface area contributed by atoms with E-state index in [0.29, 0.717) is 30.2 Å². The zero-order chi connectivity index (χ0) is 22.3. The number of rotatable bonds is 7. The molecule has 2 amide bonds. The number of hydrogen-bond donors (Lipinski definition) is 3. The highest BCUT2D eigenvalue weighted by molar-refractivity contribution is 5.95. The average Bonchev–Trinajstić information content (AvgIpc) is 3.45. The summed E-state index contributed by atoms with van der Waals surface area (Å²) >= 11 is 0. The third-order valence-corrected chi connectivity index (χ3v) is 4.65. The molecular weight excluding hydrogens is 410 g/mol. The number of hydrazine groups is 1. The molecule has 162 valence electrons. The van der Waals surface area contributed by atoms with E-state index in [0.717, 1.165) is 5.56 Å². The summed E-state index contributed by atoms with van der Waals surface area (Å²) < 4.78 is 7.09. The lowest BCUT2D eigenvalue weighted by molar-refractivity contribution is -0.121. The van der Waals surface area contributed by atoms with Gasteiger partial charge in [-0.2, -0.15) is 5.10 Å². The molecule has 0 saturated carbocycles. The van der Waals surface area contributed by atoms with Gasteiger partial charge in [0.05, 0.1) is 18.1 Å². The molecule has 2 aromatic carbocycles. The Bertz CT molecular complexity index is 1200. The summed E-state index contributed by atoms with van der Waals surface area (Å²) in [5.74, 6) is -0.177. The van der Waals surface area contributed by atoms with E-state index in [9.17, 15) is 14.7 Å². The van der Waals surface area contributed by atoms with Crippen molar-refractivity contribution in [1.82, 2.24) is 25.6 Å². The van der Waals surface area contributed by atoms with Crippen LogP contribution in [0.5, 0.6) is 5.75 Å². The van der Waals surface area contributed by atoms with E-state index in [4.69, 9.17) is 4.42 Å². The molecule has 0 spiro atoms. The minimum absolute atomic E-state index is 0.160. The van der Waals surface area contributed by atoms with Gasteiger partial charge in [0.25, 0.3) is 5.91 Å². The first-order valence-corrected chi connectivity index (χ1v) is 10.0. The molecule has 0 aliphatic rings. The van der Waals surface area contributed by atoms with Gasteiger partial charge in [0.15, 0.2) is 23.1 Å². The first-order chi connectivity index (χ1) is 15.6. The Hall–Kier alpha value is -4.40. The highest BCUT2D eigenvalue weighted by atomic mass is 16.4. The van der Waals surface area contributed by atoms with Gasteiger partial charge in [-0.25, -0.2) is 9.67 Å². The standard InChI is InChI=1S/C23H21N5O4/c29-18-15-28(17-10-5-2-6-11-17)27-22(18)23(31)26-25-20(30)12-7-13-21-24-14-19(32-21)16-8-3-1-4-9-16/h1-6,8-11,14-15,29H,7,12-13H2,(H,25,30)(H,26,31). The minimum Gasteiger partial charge on any atom is -0.504 e. The normalized spacial score (nSPS) is 10.6. The van der Waals surface area contributed by atoms with Crippen molar-refractivity contribution in [2.24, 2.45) is 0 Å². The Balaban J connectivity index is 1.24. The molecule has 9 nitrogen and oxygen atoms in total. The lowest BCUT2D eigenvalue weighted by Crippen LogP contribution is -2.41. The van der Waals surface area contributed by atoms with Crippen molar-refractivity contribution >= 4 is 11.8 Å². The Kier molecular flexibility index (Phi) is 6.26. The van der Waals surface area contributed by atoms with E-state index in [-0.39, 0.29) is 23.8 Å². The number of amides is 2. The third kappa shape index (κ3) is 5.01. The van der Waals surface area contributed by atoms with Crippen molar-refractivity contribution in [1.29, 1.82) is 0 Å². The van der Waals surface area contributed by atoms with Gasteiger partial charge < -0.3 is 9.52 Å². The highest BCUT2D eigenvalue weighted by Crippen LogP contribution is 2.20. The maximum absolute atomic E-state index is 12.3. The Labute approximate surface area is 183 Å². The topological polar surface area (TPSA) is 122 Å². The predicted octanol–water partition coefficient (Wildman–Crippen LogP) is 3.02. The number of nitrogens with zero attached hydrogens (tertiary/aromatic N) is 3. The number of aryl methyl sites for hydroxylation is 1. The number of carbonyl (C=O) groups excluding carboxylic acids is 2. The molecule has 0 radical (unpaired) electrons. The molecule has 32 heavy (non-hydrogen) atoms. The van der Waals surface area contributed by atoms with Crippen LogP contribution in [0.3, 0.4) is 0 Å². The quantitative estimate of drug-likeness (QED) is 0.387. The number of benzene rings is 2. The zero-order valence-electron chi connectivity index (χ0n) is 17.1. The number of aromatic hydroxyl groups is 1. The summed E-state index contributed by atoms with van der Waals surface area (Å²) in [6.07, 6.45) is 4.12. The number of carbonyl (C=O) groups is 2. The van der Waals surface area contributed by atoms with Gasteiger partial charge in [-0.3, -0.25) is 20.4 Å². The summed E-state index contributed by atoms with van der Waals surface area (Å²) in [4.78, 5) is 28.5. The fraction of sp³-hybridized carbons (Fsp3) is 0.130. The van der Waals surface area contributed by atoms with Gasteiger partial charge in [-0.15, -0.1) is 0 Å². The Morgan fingerprint density at radius 2 is 1.72 bits per heavy atom. The van der Waals surface area contributed by atoms with Crippen LogP contribution in [0.4, 0.5) is 0 Å². The minimum atomic E-state index is -0.717.